The first-order valence-electron chi connectivity index (χ1n) is 10.1. The first-order valence-corrected chi connectivity index (χ1v) is 11.0. The lowest BCUT2D eigenvalue weighted by Crippen LogP contribution is -2.35. The van der Waals surface area contributed by atoms with Crippen molar-refractivity contribution in [3.63, 3.8) is 0 Å². The van der Waals surface area contributed by atoms with Crippen molar-refractivity contribution in [2.75, 3.05) is 5.75 Å². The summed E-state index contributed by atoms with van der Waals surface area (Å²) in [6.45, 7) is 0. The fourth-order valence-electron chi connectivity index (χ4n) is 3.10. The first kappa shape index (κ1) is 22.0. The Labute approximate surface area is 194 Å². The molecule has 1 aliphatic rings. The van der Waals surface area contributed by atoms with Gasteiger partial charge in [-0.1, -0.05) is 72.4 Å². The molecule has 9 heteroatoms. The monoisotopic (exact) mass is 458 g/mol. The van der Waals surface area contributed by atoms with Crippen LogP contribution in [0.5, 0.6) is 0 Å². The van der Waals surface area contributed by atoms with Crippen LogP contribution in [0.15, 0.2) is 102 Å². The van der Waals surface area contributed by atoms with Gasteiger partial charge in [0.05, 0.1) is 17.1 Å². The molecule has 0 atom stereocenters. The molecule has 0 saturated heterocycles. The van der Waals surface area contributed by atoms with Crippen LogP contribution in [0.1, 0.15) is 0 Å². The number of aromatic nitrogens is 2. The number of hydrazine groups is 1. The SMILES string of the molecule is O=C(CSc1nc(-c2ccccc2)c(-c2ccccc2)[nH]1)NNC=C1C=CC(=[N+]([O-])[O-])C=C1. The topological polar surface area (TPSA) is 119 Å². The summed E-state index contributed by atoms with van der Waals surface area (Å²) in [5.41, 5.74) is 9.73. The lowest BCUT2D eigenvalue weighted by Gasteiger charge is -2.08. The number of carbonyl (C=O) groups is 1. The van der Waals surface area contributed by atoms with Crippen LogP contribution in [0.3, 0.4) is 0 Å². The van der Waals surface area contributed by atoms with Gasteiger partial charge in [-0.3, -0.25) is 10.2 Å². The predicted molar refractivity (Wildman–Crippen MR) is 130 cm³/mol. The Hall–Kier alpha value is -4.24. The van der Waals surface area contributed by atoms with Crippen LogP contribution < -0.4 is 10.9 Å². The number of H-pyrrole nitrogens is 1. The van der Waals surface area contributed by atoms with E-state index < -0.39 is 4.90 Å². The number of rotatable bonds is 7. The molecule has 1 heterocycles. The minimum atomic E-state index is -0.461. The van der Waals surface area contributed by atoms with Gasteiger partial charge in [-0.25, -0.2) is 4.98 Å². The van der Waals surface area contributed by atoms with Crippen molar-refractivity contribution >= 4 is 23.4 Å². The maximum Gasteiger partial charge on any atom is 0.248 e. The van der Waals surface area contributed by atoms with Gasteiger partial charge in [-0.15, -0.1) is 0 Å². The molecule has 0 fully saturated rings. The Bertz CT molecular complexity index is 1170. The van der Waals surface area contributed by atoms with Crippen molar-refractivity contribution in [1.82, 2.24) is 20.8 Å². The predicted octanol–water partition coefficient (Wildman–Crippen LogP) is 3.92. The average Bonchev–Trinajstić information content (AvgIpc) is 3.29. The lowest BCUT2D eigenvalue weighted by molar-refractivity contribution is -0.377. The molecule has 8 nitrogen and oxygen atoms in total. The van der Waals surface area contributed by atoms with Crippen molar-refractivity contribution in [2.45, 2.75) is 5.16 Å². The van der Waals surface area contributed by atoms with Gasteiger partial charge in [0.25, 0.3) is 0 Å². The second-order valence-electron chi connectivity index (χ2n) is 6.97. The number of hydrogen-bond donors (Lipinski definition) is 3. The Morgan fingerprint density at radius 3 is 2.24 bits per heavy atom. The number of nitrogens with zero attached hydrogens (tertiary/aromatic N) is 2. The highest BCUT2D eigenvalue weighted by atomic mass is 32.2. The van der Waals surface area contributed by atoms with Gasteiger partial charge in [0, 0.05) is 29.5 Å². The van der Waals surface area contributed by atoms with Crippen LogP contribution in [-0.4, -0.2) is 32.2 Å². The summed E-state index contributed by atoms with van der Waals surface area (Å²) in [7, 11) is 0. The Morgan fingerprint density at radius 2 is 1.61 bits per heavy atom. The van der Waals surface area contributed by atoms with Crippen molar-refractivity contribution in [3.8, 4) is 22.5 Å². The van der Waals surface area contributed by atoms with E-state index in [-0.39, 0.29) is 17.4 Å². The summed E-state index contributed by atoms with van der Waals surface area (Å²) in [5.74, 6) is -0.0889. The van der Waals surface area contributed by atoms with Crippen molar-refractivity contribution in [3.05, 3.63) is 107 Å². The standard InChI is InChI=1S/C24H20N5O3S/c30-21(28-25-15-17-11-13-20(14-12-17)29(31)32)16-33-24-26-22(18-7-3-1-4-8-18)23(27-24)19-9-5-2-6-10-19/h1-15,25H,16H2,(H2-,26,27,28,30,31,32)/q-1. The third kappa shape index (κ3) is 5.72. The Balaban J connectivity index is 1.38. The quantitative estimate of drug-likeness (QED) is 0.281. The first-order chi connectivity index (χ1) is 16.1. The summed E-state index contributed by atoms with van der Waals surface area (Å²) in [6, 6.07) is 19.8. The number of hydrogen-bond acceptors (Lipinski definition) is 6. The van der Waals surface area contributed by atoms with Crippen LogP contribution in [0.2, 0.25) is 0 Å². The minimum absolute atomic E-state index is 0.00998. The van der Waals surface area contributed by atoms with Gasteiger partial charge in [0.15, 0.2) is 5.16 Å². The Kier molecular flexibility index (Phi) is 6.91. The molecule has 1 aliphatic carbocycles. The number of imidazole rings is 1. The van der Waals surface area contributed by atoms with Crippen LogP contribution in [-0.2, 0) is 4.79 Å². The molecular weight excluding hydrogens is 438 g/mol. The highest BCUT2D eigenvalue weighted by molar-refractivity contribution is 7.99. The van der Waals surface area contributed by atoms with E-state index in [0.717, 1.165) is 22.5 Å². The average molecular weight is 459 g/mol. The summed E-state index contributed by atoms with van der Waals surface area (Å²) >= 11 is 1.30. The fourth-order valence-corrected chi connectivity index (χ4v) is 3.77. The summed E-state index contributed by atoms with van der Waals surface area (Å²) < 4.78 is 0. The summed E-state index contributed by atoms with van der Waals surface area (Å²) in [4.78, 5) is 19.8. The van der Waals surface area contributed by atoms with E-state index in [4.69, 9.17) is 4.98 Å². The highest BCUT2D eigenvalue weighted by Crippen LogP contribution is 2.32. The molecule has 1 amide bonds. The Morgan fingerprint density at radius 1 is 0.970 bits per heavy atom. The number of nitrogens with one attached hydrogen (secondary N) is 3. The molecule has 0 saturated carbocycles. The van der Waals surface area contributed by atoms with E-state index in [1.54, 1.807) is 18.4 Å². The minimum Gasteiger partial charge on any atom is -0.612 e. The van der Waals surface area contributed by atoms with Gasteiger partial charge < -0.3 is 20.8 Å². The fraction of sp³-hybridized carbons (Fsp3) is 0.0417. The molecule has 0 spiro atoms. The second-order valence-corrected chi connectivity index (χ2v) is 7.94. The third-order valence-corrected chi connectivity index (χ3v) is 5.56. The zero-order valence-electron chi connectivity index (χ0n) is 17.4. The van der Waals surface area contributed by atoms with Crippen LogP contribution >= 0.6 is 11.8 Å². The van der Waals surface area contributed by atoms with Gasteiger partial charge in [0.1, 0.15) is 0 Å². The number of thioether (sulfide) groups is 1. The molecular formula is C24H20N5O3S-. The third-order valence-electron chi connectivity index (χ3n) is 4.69. The van der Waals surface area contributed by atoms with Crippen molar-refractivity contribution < 1.29 is 9.70 Å². The van der Waals surface area contributed by atoms with Crippen LogP contribution in [0, 0.1) is 10.4 Å². The van der Waals surface area contributed by atoms with Crippen molar-refractivity contribution in [1.29, 1.82) is 0 Å². The van der Waals surface area contributed by atoms with E-state index in [1.165, 1.54) is 23.9 Å². The molecule has 0 radical (unpaired) electrons. The smallest absolute Gasteiger partial charge is 0.248 e. The van der Waals surface area contributed by atoms with E-state index in [9.17, 15) is 15.2 Å². The van der Waals surface area contributed by atoms with E-state index in [0.29, 0.717) is 10.7 Å². The zero-order valence-corrected chi connectivity index (χ0v) is 18.2. The van der Waals surface area contributed by atoms with Crippen molar-refractivity contribution in [2.24, 2.45) is 0 Å². The summed E-state index contributed by atoms with van der Waals surface area (Å²) in [6.07, 6.45) is 7.53. The van der Waals surface area contributed by atoms with Gasteiger partial charge >= 0.3 is 0 Å². The molecule has 4 rings (SSSR count). The number of allylic oxidation sites excluding steroid dienone is 5. The van der Waals surface area contributed by atoms with Crippen LogP contribution in [0.4, 0.5) is 0 Å². The van der Waals surface area contributed by atoms with Gasteiger partial charge in [0.2, 0.25) is 11.6 Å². The largest absolute Gasteiger partial charge is 0.612 e. The van der Waals surface area contributed by atoms with Gasteiger partial charge in [-0.05, 0) is 17.7 Å². The normalized spacial score (nSPS) is 12.5. The van der Waals surface area contributed by atoms with E-state index >= 15 is 0 Å². The molecule has 0 aliphatic heterocycles. The molecule has 33 heavy (non-hydrogen) atoms. The lowest BCUT2D eigenvalue weighted by atomic mass is 10.1. The number of amides is 1. The van der Waals surface area contributed by atoms with E-state index in [2.05, 4.69) is 15.8 Å². The van der Waals surface area contributed by atoms with E-state index in [1.807, 2.05) is 60.7 Å². The molecule has 1 aromatic heterocycles. The number of carbonyl (C=O) groups excluding carboxylic acids is 1. The molecule has 3 N–H and O–H groups in total. The second kappa shape index (κ2) is 10.4. The van der Waals surface area contributed by atoms with Crippen LogP contribution in [0.25, 0.3) is 22.5 Å². The van der Waals surface area contributed by atoms with Gasteiger partial charge in [-0.2, -0.15) is 4.90 Å². The highest BCUT2D eigenvalue weighted by Gasteiger charge is 2.15. The zero-order chi connectivity index (χ0) is 23.0. The maximum atomic E-state index is 12.2. The molecule has 0 unspecified atom stereocenters. The number of aromatic amines is 1. The molecule has 0 bridgehead atoms. The molecule has 3 aromatic rings. The molecule has 166 valence electrons. The number of benzene rings is 2. The maximum absolute atomic E-state index is 12.2. The molecule has 2 aromatic carbocycles. The summed E-state index contributed by atoms with van der Waals surface area (Å²) in [5, 5.41) is 22.0.